The van der Waals surface area contributed by atoms with Crippen LogP contribution in [0.15, 0.2) is 60.8 Å². The van der Waals surface area contributed by atoms with Crippen molar-refractivity contribution in [1.29, 1.82) is 0 Å². The predicted molar refractivity (Wildman–Crippen MR) is 167 cm³/mol. The number of nitrogens with zero attached hydrogens (tertiary/aromatic N) is 3. The molecule has 3 aromatic rings. The fourth-order valence-corrected chi connectivity index (χ4v) is 6.27. The molecule has 5 rings (SSSR count). The lowest BCUT2D eigenvalue weighted by atomic mass is 9.86. The maximum atomic E-state index is 12.1. The lowest BCUT2D eigenvalue weighted by Gasteiger charge is -2.41. The van der Waals surface area contributed by atoms with Crippen molar-refractivity contribution in [2.24, 2.45) is 0 Å². The molecule has 2 aliphatic heterocycles. The Balaban J connectivity index is 1.63. The van der Waals surface area contributed by atoms with E-state index in [0.29, 0.717) is 20.8 Å². The largest absolute Gasteiger partial charge is 0.375 e. The zero-order valence-electron chi connectivity index (χ0n) is 23.0. The zero-order valence-corrected chi connectivity index (χ0v) is 25.3. The van der Waals surface area contributed by atoms with Crippen molar-refractivity contribution in [2.75, 3.05) is 35.9 Å². The van der Waals surface area contributed by atoms with Gasteiger partial charge in [0.15, 0.2) is 5.11 Å². The Kier molecular flexibility index (Phi) is 7.81. The molecule has 2 aliphatic rings. The molecular weight excluding hydrogens is 565 g/mol. The molecule has 7 nitrogen and oxygen atoms in total. The quantitative estimate of drug-likeness (QED) is 0.304. The maximum absolute atomic E-state index is 12.1. The predicted octanol–water partition coefficient (Wildman–Crippen LogP) is 6.78. The number of benzene rings is 2. The normalized spacial score (nSPS) is 19.7. The van der Waals surface area contributed by atoms with E-state index in [-0.39, 0.29) is 30.1 Å². The van der Waals surface area contributed by atoms with Gasteiger partial charge in [0.2, 0.25) is 5.91 Å². The third-order valence-corrected chi connectivity index (χ3v) is 8.49. The summed E-state index contributed by atoms with van der Waals surface area (Å²) in [5, 5.41) is 7.78. The van der Waals surface area contributed by atoms with Crippen LogP contribution in [0.4, 0.5) is 17.1 Å². The van der Waals surface area contributed by atoms with Crippen LogP contribution in [0, 0.1) is 0 Å². The molecule has 1 aromatic heterocycles. The summed E-state index contributed by atoms with van der Waals surface area (Å²) in [5.41, 5.74) is 6.24. The zero-order chi connectivity index (χ0) is 28.8. The van der Waals surface area contributed by atoms with Crippen molar-refractivity contribution in [3.05, 3.63) is 87.7 Å². The van der Waals surface area contributed by atoms with Gasteiger partial charge in [0.1, 0.15) is 6.61 Å². The van der Waals surface area contributed by atoms with Gasteiger partial charge in [-0.25, -0.2) is 0 Å². The maximum Gasteiger partial charge on any atom is 0.250 e. The van der Waals surface area contributed by atoms with Crippen molar-refractivity contribution in [2.45, 2.75) is 38.4 Å². The van der Waals surface area contributed by atoms with Crippen LogP contribution in [0.3, 0.4) is 0 Å². The highest BCUT2D eigenvalue weighted by molar-refractivity contribution is 7.80. The lowest BCUT2D eigenvalue weighted by molar-refractivity contribution is -0.119. The number of nitrogens with one attached hydrogen (secondary N) is 2. The SMILES string of the molecule is COCC(=O)Nc1ccc(N2C(=S)N[C@H](c3ccccn3)[C@@H]2c2cc3c(cc2Cl)N(C)C(C)(C)C=C3C)cc1Cl. The van der Waals surface area contributed by atoms with E-state index in [1.54, 1.807) is 18.3 Å². The minimum Gasteiger partial charge on any atom is -0.375 e. The van der Waals surface area contributed by atoms with E-state index in [1.165, 1.54) is 12.7 Å². The molecule has 0 spiro atoms. The number of hydrogen-bond donors (Lipinski definition) is 2. The third kappa shape index (κ3) is 5.17. The van der Waals surface area contributed by atoms with Gasteiger partial charge in [-0.05, 0) is 86.6 Å². The fourth-order valence-electron chi connectivity index (χ4n) is 5.44. The molecule has 40 heavy (non-hydrogen) atoms. The number of aromatic nitrogens is 1. The number of likely N-dealkylation sites (N-methyl/N-ethyl adjacent to an activating group) is 1. The molecule has 208 valence electrons. The number of allylic oxidation sites excluding steroid dienone is 1. The summed E-state index contributed by atoms with van der Waals surface area (Å²) < 4.78 is 4.91. The Labute approximate surface area is 250 Å². The Bertz CT molecular complexity index is 1510. The molecule has 1 fully saturated rings. The summed E-state index contributed by atoms with van der Waals surface area (Å²) in [6, 6.07) is 14.9. The van der Waals surface area contributed by atoms with Crippen LogP contribution in [0.2, 0.25) is 10.0 Å². The van der Waals surface area contributed by atoms with Gasteiger partial charge in [-0.15, -0.1) is 0 Å². The Hall–Kier alpha value is -3.17. The highest BCUT2D eigenvalue weighted by Crippen LogP contribution is 2.48. The molecule has 1 amide bonds. The molecule has 3 heterocycles. The van der Waals surface area contributed by atoms with Crippen molar-refractivity contribution < 1.29 is 9.53 Å². The summed E-state index contributed by atoms with van der Waals surface area (Å²) in [6.45, 7) is 6.44. The second kappa shape index (κ2) is 11.0. The molecule has 2 aromatic carbocycles. The van der Waals surface area contributed by atoms with E-state index in [4.69, 9.17) is 40.2 Å². The van der Waals surface area contributed by atoms with Gasteiger partial charge >= 0.3 is 0 Å². The van der Waals surface area contributed by atoms with Gasteiger partial charge in [-0.1, -0.05) is 35.3 Å². The Morgan fingerprint density at radius 2 is 1.95 bits per heavy atom. The van der Waals surface area contributed by atoms with Gasteiger partial charge in [-0.3, -0.25) is 9.78 Å². The van der Waals surface area contributed by atoms with Crippen LogP contribution in [-0.2, 0) is 9.53 Å². The number of methoxy groups -OCH3 is 1. The lowest BCUT2D eigenvalue weighted by Crippen LogP contribution is -2.42. The highest BCUT2D eigenvalue weighted by Gasteiger charge is 2.42. The molecule has 0 radical (unpaired) electrons. The topological polar surface area (TPSA) is 69.7 Å². The number of carbonyl (C=O) groups excluding carboxylic acids is 1. The van der Waals surface area contributed by atoms with Crippen LogP contribution in [0.1, 0.15) is 49.7 Å². The first-order valence-electron chi connectivity index (χ1n) is 12.9. The number of carbonyl (C=O) groups is 1. The van der Waals surface area contributed by atoms with Crippen LogP contribution < -0.4 is 20.4 Å². The van der Waals surface area contributed by atoms with Crippen molar-refractivity contribution in [1.82, 2.24) is 10.3 Å². The average Bonchev–Trinajstić information content (AvgIpc) is 3.25. The summed E-state index contributed by atoms with van der Waals surface area (Å²) in [4.78, 5) is 21.0. The number of anilines is 3. The smallest absolute Gasteiger partial charge is 0.250 e. The molecule has 0 aliphatic carbocycles. The number of halogens is 2. The number of rotatable bonds is 6. The minimum absolute atomic E-state index is 0.0664. The van der Waals surface area contributed by atoms with Gasteiger partial charge in [0, 0.05) is 42.3 Å². The van der Waals surface area contributed by atoms with Gasteiger partial charge in [0.25, 0.3) is 0 Å². The van der Waals surface area contributed by atoms with E-state index in [0.717, 1.165) is 28.2 Å². The number of ether oxygens (including phenoxy) is 1. The summed E-state index contributed by atoms with van der Waals surface area (Å²) in [6.07, 6.45) is 4.04. The summed E-state index contributed by atoms with van der Waals surface area (Å²) in [7, 11) is 3.55. The van der Waals surface area contributed by atoms with Crippen molar-refractivity contribution in [3.8, 4) is 0 Å². The number of pyridine rings is 1. The molecule has 2 atom stereocenters. The van der Waals surface area contributed by atoms with E-state index >= 15 is 0 Å². The molecule has 2 N–H and O–H groups in total. The molecule has 10 heteroatoms. The first-order valence-corrected chi connectivity index (χ1v) is 14.0. The van der Waals surface area contributed by atoms with Gasteiger partial charge in [0.05, 0.1) is 34.0 Å². The van der Waals surface area contributed by atoms with Crippen molar-refractivity contribution in [3.63, 3.8) is 0 Å². The number of hydrogen-bond acceptors (Lipinski definition) is 5. The first-order chi connectivity index (χ1) is 19.0. The molecule has 0 saturated carbocycles. The number of fused-ring (bicyclic) bond motifs is 1. The fraction of sp³-hybridized carbons (Fsp3) is 0.300. The Morgan fingerprint density at radius 3 is 2.62 bits per heavy atom. The molecular formula is C30H31Cl2N5O2S. The molecule has 0 unspecified atom stereocenters. The highest BCUT2D eigenvalue weighted by atomic mass is 35.5. The van der Waals surface area contributed by atoms with Crippen LogP contribution >= 0.6 is 35.4 Å². The molecule has 0 bridgehead atoms. The average molecular weight is 597 g/mol. The number of amides is 1. The summed E-state index contributed by atoms with van der Waals surface area (Å²) in [5.74, 6) is -0.291. The van der Waals surface area contributed by atoms with E-state index in [9.17, 15) is 4.79 Å². The second-order valence-corrected chi connectivity index (χ2v) is 11.8. The standard InChI is InChI=1S/C30H31Cl2N5O2S/c1-17-15-30(2,3)36(4)25-14-21(31)20(13-19(17)25)28-27(24-8-6-7-11-33-24)35-29(40)37(28)18-9-10-23(22(32)12-18)34-26(38)16-39-5/h6-15,27-28H,16H2,1-5H3,(H,34,38)(H,35,40)/t27-,28+/m1/s1. The monoisotopic (exact) mass is 595 g/mol. The van der Waals surface area contributed by atoms with Crippen molar-refractivity contribution >= 4 is 69.1 Å². The summed E-state index contributed by atoms with van der Waals surface area (Å²) >= 11 is 19.6. The van der Waals surface area contributed by atoms with E-state index < -0.39 is 0 Å². The van der Waals surface area contributed by atoms with Crippen LogP contribution in [0.5, 0.6) is 0 Å². The van der Waals surface area contributed by atoms with E-state index in [1.807, 2.05) is 35.2 Å². The minimum atomic E-state index is -0.321. The Morgan fingerprint density at radius 1 is 1.18 bits per heavy atom. The molecule has 1 saturated heterocycles. The van der Waals surface area contributed by atoms with Crippen LogP contribution in [-0.4, -0.2) is 42.3 Å². The van der Waals surface area contributed by atoms with Crippen LogP contribution in [0.25, 0.3) is 5.57 Å². The second-order valence-electron chi connectivity index (χ2n) is 10.6. The van der Waals surface area contributed by atoms with E-state index in [2.05, 4.69) is 60.5 Å². The third-order valence-electron chi connectivity index (χ3n) is 7.53. The first kappa shape index (κ1) is 28.4. The van der Waals surface area contributed by atoms with Gasteiger partial charge < -0.3 is 25.2 Å². The number of thiocarbonyl (C=S) groups is 1. The van der Waals surface area contributed by atoms with Gasteiger partial charge in [-0.2, -0.15) is 0 Å².